The fourth-order valence-corrected chi connectivity index (χ4v) is 8.15. The van der Waals surface area contributed by atoms with Gasteiger partial charge in [-0.1, -0.05) is 182 Å². The maximum atomic E-state index is 6.70. The summed E-state index contributed by atoms with van der Waals surface area (Å²) in [6.45, 7) is 0. The summed E-state index contributed by atoms with van der Waals surface area (Å²) in [6, 6.07) is 70.7. The van der Waals surface area contributed by atoms with Crippen LogP contribution in [-0.2, 0) is 25.7 Å². The Morgan fingerprint density at radius 1 is 0.308 bits per heavy atom. The molecule has 0 N–H and O–H groups in total. The summed E-state index contributed by atoms with van der Waals surface area (Å²) in [5.74, 6) is 1.45. The average molecular weight is 840 g/mol. The van der Waals surface area contributed by atoms with Gasteiger partial charge in [-0.2, -0.15) is 4.98 Å². The third kappa shape index (κ3) is 9.83. The van der Waals surface area contributed by atoms with Gasteiger partial charge in [-0.05, 0) is 82.8 Å². The van der Waals surface area contributed by atoms with E-state index in [4.69, 9.17) is 29.7 Å². The third-order valence-electron chi connectivity index (χ3n) is 11.6. The second-order valence-electron chi connectivity index (χ2n) is 16.0. The highest BCUT2D eigenvalue weighted by Gasteiger charge is 2.19. The Hall–Kier alpha value is -8.35. The lowest BCUT2D eigenvalue weighted by Gasteiger charge is -2.17. The molecule has 6 aromatic carbocycles. The van der Waals surface area contributed by atoms with Crippen molar-refractivity contribution >= 4 is 0 Å². The van der Waals surface area contributed by atoms with Crippen LogP contribution >= 0.6 is 0 Å². The number of hydrogen-bond donors (Lipinski definition) is 0. The molecule has 0 fully saturated rings. The van der Waals surface area contributed by atoms with Crippen LogP contribution in [-0.4, -0.2) is 24.9 Å². The summed E-state index contributed by atoms with van der Waals surface area (Å²) >= 11 is 0. The topological polar surface area (TPSA) is 73.7 Å². The quantitative estimate of drug-likeness (QED) is 0.109. The Bertz CT molecular complexity index is 3040. The molecular weight excluding hydrogens is 795 g/mol. The molecule has 10 rings (SSSR count). The average Bonchev–Trinajstić information content (AvgIpc) is 3.39. The van der Waals surface area contributed by atoms with Crippen LogP contribution in [0, 0.1) is 0 Å². The van der Waals surface area contributed by atoms with E-state index in [1.165, 1.54) is 22.3 Å². The molecule has 0 aliphatic rings. The van der Waals surface area contributed by atoms with Gasteiger partial charge in [0.05, 0.1) is 22.6 Å². The van der Waals surface area contributed by atoms with Crippen molar-refractivity contribution in [1.82, 2.24) is 24.9 Å². The minimum Gasteiger partial charge on any atom is -0.420 e. The molecule has 0 aliphatic heterocycles. The van der Waals surface area contributed by atoms with E-state index in [0.29, 0.717) is 17.6 Å². The summed E-state index contributed by atoms with van der Waals surface area (Å²) in [7, 11) is 0. The zero-order chi connectivity index (χ0) is 43.6. The van der Waals surface area contributed by atoms with E-state index in [9.17, 15) is 0 Å². The number of hydrogen-bond acceptors (Lipinski definition) is 6. The van der Waals surface area contributed by atoms with Crippen LogP contribution in [0.5, 0.6) is 11.8 Å². The number of aryl methyl sites for hydroxylation is 4. The molecule has 4 heterocycles. The van der Waals surface area contributed by atoms with Gasteiger partial charge in [0.15, 0.2) is 5.82 Å². The van der Waals surface area contributed by atoms with E-state index in [-0.39, 0.29) is 0 Å². The van der Waals surface area contributed by atoms with Crippen molar-refractivity contribution in [2.24, 2.45) is 0 Å². The number of benzene rings is 6. The van der Waals surface area contributed by atoms with Crippen molar-refractivity contribution < 1.29 is 4.74 Å². The van der Waals surface area contributed by atoms with Crippen molar-refractivity contribution in [2.45, 2.75) is 25.7 Å². The fourth-order valence-electron chi connectivity index (χ4n) is 8.15. The van der Waals surface area contributed by atoms with Crippen molar-refractivity contribution in [3.8, 4) is 79.2 Å². The van der Waals surface area contributed by atoms with E-state index in [2.05, 4.69) is 91.0 Å². The van der Waals surface area contributed by atoms with Crippen molar-refractivity contribution in [3.63, 3.8) is 0 Å². The van der Waals surface area contributed by atoms with Gasteiger partial charge in [0.1, 0.15) is 0 Å². The monoisotopic (exact) mass is 839 g/mol. The molecule has 6 heteroatoms. The molecule has 0 aliphatic carbocycles. The molecule has 10 aromatic rings. The molecule has 6 nitrogen and oxygen atoms in total. The highest BCUT2D eigenvalue weighted by atomic mass is 16.5. The molecule has 0 radical (unpaired) electrons. The summed E-state index contributed by atoms with van der Waals surface area (Å²) in [6.07, 6.45) is 9.34. The van der Waals surface area contributed by atoms with Crippen LogP contribution in [0.3, 0.4) is 0 Å². The fraction of sp³-hybridized carbons (Fsp3) is 0.0678. The largest absolute Gasteiger partial charge is 0.420 e. The highest BCUT2D eigenvalue weighted by molar-refractivity contribution is 5.86. The summed E-state index contributed by atoms with van der Waals surface area (Å²) < 4.78 is 6.70. The minimum absolute atomic E-state index is 0.429. The Kier molecular flexibility index (Phi) is 12.1. The van der Waals surface area contributed by atoms with Gasteiger partial charge >= 0.3 is 0 Å². The van der Waals surface area contributed by atoms with Gasteiger partial charge in [0.25, 0.3) is 0 Å². The van der Waals surface area contributed by atoms with E-state index in [1.54, 1.807) is 0 Å². The van der Waals surface area contributed by atoms with Crippen LogP contribution in [0.25, 0.3) is 67.4 Å². The normalized spacial score (nSPS) is 11.0. The van der Waals surface area contributed by atoms with Crippen molar-refractivity contribution in [1.29, 1.82) is 0 Å². The molecule has 0 atom stereocenters. The van der Waals surface area contributed by atoms with Crippen LogP contribution in [0.4, 0.5) is 0 Å². The maximum Gasteiger partial charge on any atom is 0.232 e. The van der Waals surface area contributed by atoms with Gasteiger partial charge in [0, 0.05) is 46.9 Å². The Balaban J connectivity index is 1.00. The second-order valence-corrected chi connectivity index (χ2v) is 16.0. The summed E-state index contributed by atoms with van der Waals surface area (Å²) in [5.41, 5.74) is 15.7. The SMILES string of the molecule is c1ccc(-c2ccc(CCc3cc(CCc4ccc(-c5ccccc5)nc4)cc(-c4ccccc4-c4cnc(-c5ccccc5)nc4Oc4cccc(-c5ccccc5)n4)c3)cn2)cc1. The molecule has 0 spiro atoms. The minimum atomic E-state index is 0.429. The Morgan fingerprint density at radius 3 is 1.34 bits per heavy atom. The van der Waals surface area contributed by atoms with Gasteiger partial charge in [-0.25, -0.2) is 9.97 Å². The standard InChI is InChI=1S/C59H45N5O/c1-5-16-46(17-6-1)54-34-32-42(39-60-54)28-30-44-36-45(31-29-43-33-35-55(61-40-43)47-18-7-2-8-19-47)38-50(37-44)51-24-13-14-25-52(51)53-41-62-58(49-22-11-4-12-23-49)64-59(53)65-57-27-15-26-56(63-57)48-20-9-3-10-21-48/h1-27,32-41H,28-31H2. The predicted octanol–water partition coefficient (Wildman–Crippen LogP) is 14.0. The van der Waals surface area contributed by atoms with Gasteiger partial charge in [-0.3, -0.25) is 9.97 Å². The lowest BCUT2D eigenvalue weighted by molar-refractivity contribution is 0.446. The lowest BCUT2D eigenvalue weighted by atomic mass is 9.90. The highest BCUT2D eigenvalue weighted by Crippen LogP contribution is 2.39. The van der Waals surface area contributed by atoms with Crippen molar-refractivity contribution in [3.05, 3.63) is 247 Å². The molecule has 0 unspecified atom stereocenters. The molecule has 65 heavy (non-hydrogen) atoms. The molecular formula is C59H45N5O. The first-order valence-corrected chi connectivity index (χ1v) is 22.0. The smallest absolute Gasteiger partial charge is 0.232 e. The lowest BCUT2D eigenvalue weighted by Crippen LogP contribution is -2.00. The van der Waals surface area contributed by atoms with Crippen LogP contribution in [0.2, 0.25) is 0 Å². The summed E-state index contributed by atoms with van der Waals surface area (Å²) in [5, 5.41) is 0. The Labute approximate surface area is 380 Å². The zero-order valence-corrected chi connectivity index (χ0v) is 35.8. The molecule has 0 saturated carbocycles. The van der Waals surface area contributed by atoms with E-state index >= 15 is 0 Å². The Morgan fingerprint density at radius 2 is 0.800 bits per heavy atom. The van der Waals surface area contributed by atoms with Crippen LogP contribution in [0.15, 0.2) is 225 Å². The molecule has 4 aromatic heterocycles. The first kappa shape index (κ1) is 40.7. The number of pyridine rings is 3. The van der Waals surface area contributed by atoms with Crippen LogP contribution < -0.4 is 4.74 Å². The molecule has 312 valence electrons. The predicted molar refractivity (Wildman–Crippen MR) is 262 cm³/mol. The zero-order valence-electron chi connectivity index (χ0n) is 35.8. The van der Waals surface area contributed by atoms with Crippen molar-refractivity contribution in [2.75, 3.05) is 0 Å². The first-order chi connectivity index (χ1) is 32.2. The molecule has 0 amide bonds. The van der Waals surface area contributed by atoms with E-state index < -0.39 is 0 Å². The van der Waals surface area contributed by atoms with Gasteiger partial charge in [0.2, 0.25) is 11.8 Å². The molecule has 0 bridgehead atoms. The van der Waals surface area contributed by atoms with E-state index in [1.807, 2.05) is 134 Å². The maximum absolute atomic E-state index is 6.70. The molecule has 0 saturated heterocycles. The van der Waals surface area contributed by atoms with Crippen LogP contribution in [0.1, 0.15) is 22.3 Å². The van der Waals surface area contributed by atoms with E-state index in [0.717, 1.165) is 87.3 Å². The number of nitrogens with zero attached hydrogens (tertiary/aromatic N) is 5. The first-order valence-electron chi connectivity index (χ1n) is 22.0. The van der Waals surface area contributed by atoms with Gasteiger partial charge < -0.3 is 4.74 Å². The number of aromatic nitrogens is 5. The van der Waals surface area contributed by atoms with Gasteiger partial charge in [-0.15, -0.1) is 0 Å². The number of ether oxygens (including phenoxy) is 1. The number of rotatable bonds is 14. The third-order valence-corrected chi connectivity index (χ3v) is 11.6. The second kappa shape index (κ2) is 19.4. The summed E-state index contributed by atoms with van der Waals surface area (Å²) in [4.78, 5) is 24.6.